The maximum absolute atomic E-state index is 13.1. The van der Waals surface area contributed by atoms with E-state index >= 15 is 0 Å². The van der Waals surface area contributed by atoms with Crippen molar-refractivity contribution < 1.29 is 27.4 Å². The SMILES string of the molecule is COc1cc2nc(C)nc(NCc3cc(C(F)(F)F)cc(N)n3)c2cc1OC(C)[C@@H]1CCOC1. The molecule has 0 amide bonds. The lowest BCUT2D eigenvalue weighted by atomic mass is 10.0. The van der Waals surface area contributed by atoms with Crippen LogP contribution in [0.4, 0.5) is 24.8 Å². The second kappa shape index (κ2) is 9.49. The molecule has 0 spiro atoms. The van der Waals surface area contributed by atoms with Crippen LogP contribution in [-0.4, -0.2) is 41.4 Å². The molecule has 3 heterocycles. The molecule has 1 saturated heterocycles. The molecule has 1 aliphatic rings. The van der Waals surface area contributed by atoms with Gasteiger partial charge in [0.1, 0.15) is 23.6 Å². The highest BCUT2D eigenvalue weighted by atomic mass is 19.4. The Bertz CT molecular complexity index is 1180. The molecule has 4 rings (SSSR count). The summed E-state index contributed by atoms with van der Waals surface area (Å²) in [6, 6.07) is 5.29. The van der Waals surface area contributed by atoms with E-state index in [1.54, 1.807) is 26.2 Å². The van der Waals surface area contributed by atoms with Crippen LogP contribution in [0.5, 0.6) is 11.5 Å². The number of rotatable bonds is 7. The molecule has 2 aromatic heterocycles. The van der Waals surface area contributed by atoms with E-state index < -0.39 is 11.7 Å². The number of nitrogens with zero attached hydrogens (tertiary/aromatic N) is 3. The smallest absolute Gasteiger partial charge is 0.416 e. The number of benzene rings is 1. The normalized spacial score (nSPS) is 17.1. The summed E-state index contributed by atoms with van der Waals surface area (Å²) in [5, 5.41) is 3.71. The average molecular weight is 477 g/mol. The Hall–Kier alpha value is -3.34. The van der Waals surface area contributed by atoms with Gasteiger partial charge < -0.3 is 25.3 Å². The summed E-state index contributed by atoms with van der Waals surface area (Å²) in [5.74, 6) is 2.02. The lowest BCUT2D eigenvalue weighted by Crippen LogP contribution is -2.24. The van der Waals surface area contributed by atoms with E-state index in [1.165, 1.54) is 0 Å². The predicted octanol–water partition coefficient (Wildman–Crippen LogP) is 4.36. The van der Waals surface area contributed by atoms with Crippen LogP contribution >= 0.6 is 0 Å². The third-order valence-electron chi connectivity index (χ3n) is 5.70. The zero-order chi connectivity index (χ0) is 24.5. The maximum atomic E-state index is 13.1. The number of fused-ring (bicyclic) bond motifs is 1. The van der Waals surface area contributed by atoms with E-state index in [4.69, 9.17) is 19.9 Å². The molecule has 1 aliphatic heterocycles. The molecular weight excluding hydrogens is 451 g/mol. The van der Waals surface area contributed by atoms with E-state index in [0.717, 1.165) is 18.6 Å². The molecular formula is C23H26F3N5O3. The number of pyridine rings is 1. The number of alkyl halides is 3. The molecule has 1 aromatic carbocycles. The quantitative estimate of drug-likeness (QED) is 0.517. The zero-order valence-electron chi connectivity index (χ0n) is 19.1. The maximum Gasteiger partial charge on any atom is 0.416 e. The van der Waals surface area contributed by atoms with Gasteiger partial charge in [-0.05, 0) is 38.5 Å². The van der Waals surface area contributed by atoms with Gasteiger partial charge in [-0.25, -0.2) is 15.0 Å². The van der Waals surface area contributed by atoms with E-state index in [1.807, 2.05) is 6.92 Å². The first-order chi connectivity index (χ1) is 16.1. The summed E-state index contributed by atoms with van der Waals surface area (Å²) in [5.41, 5.74) is 5.47. The van der Waals surface area contributed by atoms with Gasteiger partial charge in [-0.1, -0.05) is 0 Å². The van der Waals surface area contributed by atoms with Crippen molar-refractivity contribution in [2.45, 2.75) is 39.1 Å². The number of methoxy groups -OCH3 is 1. The lowest BCUT2D eigenvalue weighted by Gasteiger charge is -2.22. The van der Waals surface area contributed by atoms with Gasteiger partial charge in [0, 0.05) is 24.0 Å². The number of nitrogens with one attached hydrogen (secondary N) is 1. The third-order valence-corrected chi connectivity index (χ3v) is 5.70. The molecule has 0 radical (unpaired) electrons. The Morgan fingerprint density at radius 1 is 1.18 bits per heavy atom. The van der Waals surface area contributed by atoms with Crippen LogP contribution in [-0.2, 0) is 17.5 Å². The topological polar surface area (TPSA) is 104 Å². The van der Waals surface area contributed by atoms with Crippen molar-refractivity contribution in [1.82, 2.24) is 15.0 Å². The molecule has 1 fully saturated rings. The Kier molecular flexibility index (Phi) is 6.65. The van der Waals surface area contributed by atoms with Crippen LogP contribution < -0.4 is 20.5 Å². The highest BCUT2D eigenvalue weighted by Crippen LogP contribution is 2.36. The van der Waals surface area contributed by atoms with Crippen molar-refractivity contribution in [3.63, 3.8) is 0 Å². The highest BCUT2D eigenvalue weighted by Gasteiger charge is 2.31. The average Bonchev–Trinajstić information content (AvgIpc) is 3.31. The molecule has 0 bridgehead atoms. The lowest BCUT2D eigenvalue weighted by molar-refractivity contribution is -0.137. The van der Waals surface area contributed by atoms with Crippen LogP contribution in [0.25, 0.3) is 10.9 Å². The summed E-state index contributed by atoms with van der Waals surface area (Å²) < 4.78 is 56.6. The van der Waals surface area contributed by atoms with Gasteiger partial charge in [0.15, 0.2) is 11.5 Å². The number of hydrogen-bond acceptors (Lipinski definition) is 8. The first kappa shape index (κ1) is 23.8. The Balaban J connectivity index is 1.65. The fourth-order valence-corrected chi connectivity index (χ4v) is 3.90. The molecule has 8 nitrogen and oxygen atoms in total. The highest BCUT2D eigenvalue weighted by molar-refractivity contribution is 5.91. The number of halogens is 3. The number of hydrogen-bond donors (Lipinski definition) is 2. The fraction of sp³-hybridized carbons (Fsp3) is 0.435. The standard InChI is InChI=1S/C23H26F3N5O3/c1-12(14-4-5-33-11-14)34-20-8-17-18(9-19(20)32-3)29-13(2)30-22(17)28-10-16-6-15(23(24,25)26)7-21(27)31-16/h6-9,12,14H,4-5,10-11H2,1-3H3,(H2,27,31)(H,28,29,30)/t12?,14-/m1/s1. The van der Waals surface area contributed by atoms with Crippen molar-refractivity contribution in [2.24, 2.45) is 5.92 Å². The zero-order valence-corrected chi connectivity index (χ0v) is 19.1. The molecule has 2 atom stereocenters. The van der Waals surface area contributed by atoms with E-state index in [0.29, 0.717) is 47.3 Å². The van der Waals surface area contributed by atoms with Crippen LogP contribution in [0.15, 0.2) is 24.3 Å². The number of aromatic nitrogens is 3. The van der Waals surface area contributed by atoms with Crippen LogP contribution in [0, 0.1) is 12.8 Å². The van der Waals surface area contributed by atoms with Crippen LogP contribution in [0.3, 0.4) is 0 Å². The first-order valence-corrected chi connectivity index (χ1v) is 10.8. The van der Waals surface area contributed by atoms with Gasteiger partial charge in [-0.3, -0.25) is 0 Å². The van der Waals surface area contributed by atoms with E-state index in [2.05, 4.69) is 20.3 Å². The number of aryl methyl sites for hydroxylation is 1. The summed E-state index contributed by atoms with van der Waals surface area (Å²) in [6.07, 6.45) is -3.71. The number of ether oxygens (including phenoxy) is 3. The Morgan fingerprint density at radius 2 is 1.97 bits per heavy atom. The largest absolute Gasteiger partial charge is 0.493 e. The Morgan fingerprint density at radius 3 is 2.65 bits per heavy atom. The summed E-state index contributed by atoms with van der Waals surface area (Å²) in [7, 11) is 1.55. The molecule has 3 N–H and O–H groups in total. The Labute approximate surface area is 194 Å². The molecule has 1 unspecified atom stereocenters. The van der Waals surface area contributed by atoms with Gasteiger partial charge in [0.25, 0.3) is 0 Å². The fourth-order valence-electron chi connectivity index (χ4n) is 3.90. The van der Waals surface area contributed by atoms with Crippen molar-refractivity contribution in [3.05, 3.63) is 41.3 Å². The molecule has 34 heavy (non-hydrogen) atoms. The first-order valence-electron chi connectivity index (χ1n) is 10.8. The second-order valence-corrected chi connectivity index (χ2v) is 8.21. The number of nitrogen functional groups attached to an aromatic ring is 1. The van der Waals surface area contributed by atoms with Gasteiger partial charge in [0.05, 0.1) is 37.0 Å². The minimum atomic E-state index is -4.52. The molecule has 3 aromatic rings. The van der Waals surface area contributed by atoms with Crippen molar-refractivity contribution in [3.8, 4) is 11.5 Å². The summed E-state index contributed by atoms with van der Waals surface area (Å²) in [4.78, 5) is 12.9. The third kappa shape index (κ3) is 5.24. The molecule has 11 heteroatoms. The molecule has 0 aliphatic carbocycles. The van der Waals surface area contributed by atoms with Gasteiger partial charge in [-0.15, -0.1) is 0 Å². The summed E-state index contributed by atoms with van der Waals surface area (Å²) in [6.45, 7) is 5.04. The van der Waals surface area contributed by atoms with Crippen molar-refractivity contribution in [2.75, 3.05) is 31.4 Å². The number of nitrogens with two attached hydrogens (primary N) is 1. The minimum Gasteiger partial charge on any atom is -0.493 e. The van der Waals surface area contributed by atoms with Gasteiger partial charge in [0.2, 0.25) is 0 Å². The summed E-state index contributed by atoms with van der Waals surface area (Å²) >= 11 is 0. The molecule has 182 valence electrons. The van der Waals surface area contributed by atoms with E-state index in [-0.39, 0.29) is 30.1 Å². The van der Waals surface area contributed by atoms with E-state index in [9.17, 15) is 13.2 Å². The van der Waals surface area contributed by atoms with Crippen molar-refractivity contribution >= 4 is 22.5 Å². The van der Waals surface area contributed by atoms with Gasteiger partial charge >= 0.3 is 6.18 Å². The number of anilines is 2. The van der Waals surface area contributed by atoms with Crippen molar-refractivity contribution in [1.29, 1.82) is 0 Å². The predicted molar refractivity (Wildman–Crippen MR) is 121 cm³/mol. The molecule has 0 saturated carbocycles. The monoisotopic (exact) mass is 477 g/mol. The minimum absolute atomic E-state index is 0.0162. The second-order valence-electron chi connectivity index (χ2n) is 8.21. The van der Waals surface area contributed by atoms with Crippen LogP contribution in [0.2, 0.25) is 0 Å². The van der Waals surface area contributed by atoms with Crippen LogP contribution in [0.1, 0.15) is 30.4 Å². The van der Waals surface area contributed by atoms with Gasteiger partial charge in [-0.2, -0.15) is 13.2 Å².